The van der Waals surface area contributed by atoms with Crippen LogP contribution in [-0.4, -0.2) is 10.9 Å². The van der Waals surface area contributed by atoms with Crippen LogP contribution >= 0.6 is 0 Å². The third kappa shape index (κ3) is 7.34. The standard InChI is InChI=1S/C15H22O2/c1-5-14(11-16)15(17)10-9-13(4)8-6-7-12(2)3/h5,7,9,11,16H,1,6,8,10H2,2-4H3/b13-9-,14-11+. The van der Waals surface area contributed by atoms with Crippen LogP contribution in [0.15, 0.2) is 47.8 Å². The molecule has 0 aliphatic heterocycles. The summed E-state index contributed by atoms with van der Waals surface area (Å²) in [5, 5.41) is 8.78. The summed E-state index contributed by atoms with van der Waals surface area (Å²) in [5.41, 5.74) is 2.77. The van der Waals surface area contributed by atoms with Crippen LogP contribution in [0.5, 0.6) is 0 Å². The van der Waals surface area contributed by atoms with Crippen LogP contribution in [0.1, 0.15) is 40.0 Å². The van der Waals surface area contributed by atoms with E-state index in [-0.39, 0.29) is 11.4 Å². The Balaban J connectivity index is 4.20. The molecule has 17 heavy (non-hydrogen) atoms. The highest BCUT2D eigenvalue weighted by atomic mass is 16.2. The average molecular weight is 234 g/mol. The largest absolute Gasteiger partial charge is 0.515 e. The molecule has 0 heterocycles. The Labute approximate surface area is 104 Å². The van der Waals surface area contributed by atoms with Gasteiger partial charge in [0.05, 0.1) is 11.8 Å². The fourth-order valence-corrected chi connectivity index (χ4v) is 1.31. The number of Topliss-reactive ketones (excluding diaryl/α,β-unsaturated/α-hetero) is 1. The monoisotopic (exact) mass is 234 g/mol. The van der Waals surface area contributed by atoms with Crippen LogP contribution in [0, 0.1) is 0 Å². The molecule has 0 amide bonds. The molecule has 2 heteroatoms. The molecule has 0 spiro atoms. The van der Waals surface area contributed by atoms with E-state index >= 15 is 0 Å². The van der Waals surface area contributed by atoms with E-state index in [9.17, 15) is 4.79 Å². The van der Waals surface area contributed by atoms with Gasteiger partial charge in [-0.05, 0) is 33.6 Å². The molecule has 0 aromatic carbocycles. The minimum absolute atomic E-state index is 0.107. The van der Waals surface area contributed by atoms with Gasteiger partial charge in [0.25, 0.3) is 0 Å². The molecule has 0 saturated carbocycles. The molecule has 2 nitrogen and oxygen atoms in total. The summed E-state index contributed by atoms with van der Waals surface area (Å²) in [4.78, 5) is 11.5. The number of aliphatic hydroxyl groups is 1. The van der Waals surface area contributed by atoms with Crippen molar-refractivity contribution < 1.29 is 9.90 Å². The van der Waals surface area contributed by atoms with Crippen LogP contribution in [0.3, 0.4) is 0 Å². The summed E-state index contributed by atoms with van der Waals surface area (Å²) in [6.07, 6.45) is 8.55. The minimum atomic E-state index is -0.107. The second kappa shape index (κ2) is 8.57. The Bertz CT molecular complexity index is 353. The predicted octanol–water partition coefficient (Wildman–Crippen LogP) is 4.27. The number of carbonyl (C=O) groups excluding carboxylic acids is 1. The average Bonchev–Trinajstić information content (AvgIpc) is 2.27. The molecule has 0 unspecified atom stereocenters. The topological polar surface area (TPSA) is 37.3 Å². The maximum absolute atomic E-state index is 11.5. The molecule has 1 N–H and O–H groups in total. The Hall–Kier alpha value is -1.57. The van der Waals surface area contributed by atoms with E-state index < -0.39 is 0 Å². The lowest BCUT2D eigenvalue weighted by atomic mass is 10.1. The van der Waals surface area contributed by atoms with E-state index in [0.29, 0.717) is 6.42 Å². The van der Waals surface area contributed by atoms with Crippen molar-refractivity contribution in [1.82, 2.24) is 0 Å². The molecule has 0 bridgehead atoms. The van der Waals surface area contributed by atoms with Crippen molar-refractivity contribution in [2.45, 2.75) is 40.0 Å². The highest BCUT2D eigenvalue weighted by molar-refractivity contribution is 5.98. The number of carbonyl (C=O) groups is 1. The normalized spacial score (nSPS) is 12.2. The first-order valence-corrected chi connectivity index (χ1v) is 5.80. The molecular weight excluding hydrogens is 212 g/mol. The fourth-order valence-electron chi connectivity index (χ4n) is 1.31. The molecule has 0 aromatic heterocycles. The zero-order chi connectivity index (χ0) is 13.3. The van der Waals surface area contributed by atoms with Gasteiger partial charge < -0.3 is 5.11 Å². The maximum atomic E-state index is 11.5. The summed E-state index contributed by atoms with van der Waals surface area (Å²) in [6.45, 7) is 9.64. The molecule has 0 aliphatic carbocycles. The zero-order valence-corrected chi connectivity index (χ0v) is 11.0. The van der Waals surface area contributed by atoms with Crippen LogP contribution in [0.2, 0.25) is 0 Å². The van der Waals surface area contributed by atoms with Crippen molar-refractivity contribution in [3.8, 4) is 0 Å². The quantitative estimate of drug-likeness (QED) is 0.309. The van der Waals surface area contributed by atoms with E-state index in [4.69, 9.17) is 5.11 Å². The van der Waals surface area contributed by atoms with Gasteiger partial charge in [0.1, 0.15) is 0 Å². The van der Waals surface area contributed by atoms with Crippen molar-refractivity contribution in [2.75, 3.05) is 0 Å². The second-order valence-electron chi connectivity index (χ2n) is 4.29. The van der Waals surface area contributed by atoms with E-state index in [2.05, 4.69) is 26.5 Å². The van der Waals surface area contributed by atoms with E-state index in [0.717, 1.165) is 19.1 Å². The molecular formula is C15H22O2. The van der Waals surface area contributed by atoms with Gasteiger partial charge in [-0.3, -0.25) is 4.79 Å². The van der Waals surface area contributed by atoms with Crippen molar-refractivity contribution in [1.29, 1.82) is 0 Å². The Morgan fingerprint density at radius 1 is 1.24 bits per heavy atom. The number of hydrogen-bond donors (Lipinski definition) is 1. The number of ketones is 1. The van der Waals surface area contributed by atoms with Crippen molar-refractivity contribution in [3.63, 3.8) is 0 Å². The van der Waals surface area contributed by atoms with E-state index in [1.807, 2.05) is 13.0 Å². The zero-order valence-electron chi connectivity index (χ0n) is 11.0. The second-order valence-corrected chi connectivity index (χ2v) is 4.29. The number of allylic oxidation sites excluding steroid dienone is 6. The lowest BCUT2D eigenvalue weighted by Gasteiger charge is -2.00. The van der Waals surface area contributed by atoms with Gasteiger partial charge in [-0.2, -0.15) is 0 Å². The highest BCUT2D eigenvalue weighted by Gasteiger charge is 2.03. The Morgan fingerprint density at radius 2 is 1.88 bits per heavy atom. The first kappa shape index (κ1) is 15.4. The lowest BCUT2D eigenvalue weighted by molar-refractivity contribution is -0.114. The molecule has 0 atom stereocenters. The first-order chi connectivity index (χ1) is 8.01. The smallest absolute Gasteiger partial charge is 0.169 e. The summed E-state index contributed by atoms with van der Waals surface area (Å²) in [7, 11) is 0. The van der Waals surface area contributed by atoms with Crippen molar-refractivity contribution >= 4 is 5.78 Å². The van der Waals surface area contributed by atoms with E-state index in [1.165, 1.54) is 17.2 Å². The molecule has 0 aliphatic rings. The number of hydrogen-bond acceptors (Lipinski definition) is 2. The van der Waals surface area contributed by atoms with E-state index in [1.54, 1.807) is 0 Å². The van der Waals surface area contributed by atoms with Gasteiger partial charge >= 0.3 is 0 Å². The van der Waals surface area contributed by atoms with Crippen LogP contribution in [0.4, 0.5) is 0 Å². The lowest BCUT2D eigenvalue weighted by Crippen LogP contribution is -1.98. The van der Waals surface area contributed by atoms with Gasteiger partial charge in [0.15, 0.2) is 5.78 Å². The van der Waals surface area contributed by atoms with Crippen molar-refractivity contribution in [2.24, 2.45) is 0 Å². The maximum Gasteiger partial charge on any atom is 0.169 e. The van der Waals surface area contributed by atoms with Crippen molar-refractivity contribution in [3.05, 3.63) is 47.8 Å². The van der Waals surface area contributed by atoms with Gasteiger partial charge in [-0.1, -0.05) is 36.0 Å². The summed E-state index contributed by atoms with van der Waals surface area (Å²) in [6, 6.07) is 0. The van der Waals surface area contributed by atoms with Gasteiger partial charge in [0, 0.05) is 6.42 Å². The van der Waals surface area contributed by atoms with Crippen LogP contribution in [0.25, 0.3) is 0 Å². The molecule has 0 rings (SSSR count). The minimum Gasteiger partial charge on any atom is -0.515 e. The third-order valence-corrected chi connectivity index (χ3v) is 2.41. The third-order valence-electron chi connectivity index (χ3n) is 2.41. The Morgan fingerprint density at radius 3 is 2.35 bits per heavy atom. The predicted molar refractivity (Wildman–Crippen MR) is 73.0 cm³/mol. The molecule has 0 saturated heterocycles. The number of rotatable bonds is 7. The summed E-state index contributed by atoms with van der Waals surface area (Å²) >= 11 is 0. The summed E-state index contributed by atoms with van der Waals surface area (Å²) < 4.78 is 0. The molecule has 0 radical (unpaired) electrons. The Kier molecular flexibility index (Phi) is 7.78. The van der Waals surface area contributed by atoms with Gasteiger partial charge in [0.2, 0.25) is 0 Å². The first-order valence-electron chi connectivity index (χ1n) is 5.80. The fraction of sp³-hybridized carbons (Fsp3) is 0.400. The number of aliphatic hydroxyl groups excluding tert-OH is 1. The highest BCUT2D eigenvalue weighted by Crippen LogP contribution is 2.09. The van der Waals surface area contributed by atoms with Crippen LogP contribution in [-0.2, 0) is 4.79 Å². The SMILES string of the molecule is C=C/C(=C\O)C(=O)C/C=C(/C)CCC=C(C)C. The van der Waals surface area contributed by atoms with Gasteiger partial charge in [-0.25, -0.2) is 0 Å². The molecule has 0 aromatic rings. The van der Waals surface area contributed by atoms with Crippen LogP contribution < -0.4 is 0 Å². The molecule has 94 valence electrons. The molecule has 0 fully saturated rings. The summed E-state index contributed by atoms with van der Waals surface area (Å²) in [5.74, 6) is -0.107. The van der Waals surface area contributed by atoms with Gasteiger partial charge in [-0.15, -0.1) is 0 Å².